The molecule has 5 nitrogen and oxygen atoms in total. The highest BCUT2D eigenvalue weighted by molar-refractivity contribution is 9.10. The molecule has 0 bridgehead atoms. The maximum absolute atomic E-state index is 5.74. The number of aromatic nitrogens is 1. The lowest BCUT2D eigenvalue weighted by Gasteiger charge is -2.07. The van der Waals surface area contributed by atoms with Crippen molar-refractivity contribution in [2.75, 3.05) is 12.8 Å². The van der Waals surface area contributed by atoms with Crippen LogP contribution in [0.4, 0.5) is 5.88 Å². The number of furan rings is 1. The maximum atomic E-state index is 5.74. The molecule has 2 heterocycles. The number of anilines is 1. The molecule has 0 fully saturated rings. The van der Waals surface area contributed by atoms with Gasteiger partial charge in [-0.3, -0.25) is 0 Å². The summed E-state index contributed by atoms with van der Waals surface area (Å²) in [5.74, 6) is 0.898. The number of nitrogens with two attached hydrogens (primary N) is 1. The standard InChI is InChI=1S/C12H9BrN2O3/c1-16-9-4-7(8-5-15-18-12(8)14)10(13)6-2-3-17-11(6)9/h2-5H,14H2,1H3. The van der Waals surface area contributed by atoms with E-state index in [1.54, 1.807) is 19.6 Å². The number of nitrogens with zero attached hydrogens (tertiary/aromatic N) is 1. The normalized spacial score (nSPS) is 11.0. The van der Waals surface area contributed by atoms with Gasteiger partial charge in [-0.2, -0.15) is 0 Å². The van der Waals surface area contributed by atoms with Crippen LogP contribution in [0.25, 0.3) is 22.1 Å². The lowest BCUT2D eigenvalue weighted by atomic mass is 10.1. The summed E-state index contributed by atoms with van der Waals surface area (Å²) in [4.78, 5) is 0. The second kappa shape index (κ2) is 4.06. The van der Waals surface area contributed by atoms with Gasteiger partial charge in [0.25, 0.3) is 0 Å². The van der Waals surface area contributed by atoms with Crippen molar-refractivity contribution < 1.29 is 13.7 Å². The molecule has 92 valence electrons. The summed E-state index contributed by atoms with van der Waals surface area (Å²) >= 11 is 3.54. The van der Waals surface area contributed by atoms with Crippen molar-refractivity contribution in [3.63, 3.8) is 0 Å². The molecule has 0 aliphatic rings. The van der Waals surface area contributed by atoms with E-state index in [1.807, 2.05) is 12.1 Å². The Morgan fingerprint density at radius 1 is 1.39 bits per heavy atom. The SMILES string of the molecule is COc1cc(-c2cnoc2N)c(Br)c2ccoc12. The van der Waals surface area contributed by atoms with Crippen molar-refractivity contribution in [2.45, 2.75) is 0 Å². The quantitative estimate of drug-likeness (QED) is 0.785. The molecule has 0 radical (unpaired) electrons. The third-order valence-electron chi connectivity index (χ3n) is 2.75. The van der Waals surface area contributed by atoms with E-state index in [9.17, 15) is 0 Å². The molecule has 18 heavy (non-hydrogen) atoms. The Morgan fingerprint density at radius 2 is 2.22 bits per heavy atom. The number of hydrogen-bond acceptors (Lipinski definition) is 5. The molecule has 0 amide bonds. The number of rotatable bonds is 2. The zero-order chi connectivity index (χ0) is 12.7. The molecule has 0 atom stereocenters. The van der Waals surface area contributed by atoms with Gasteiger partial charge in [0.1, 0.15) is 0 Å². The number of nitrogen functional groups attached to an aromatic ring is 1. The van der Waals surface area contributed by atoms with E-state index in [1.165, 1.54) is 0 Å². The van der Waals surface area contributed by atoms with E-state index in [0.29, 0.717) is 16.9 Å². The van der Waals surface area contributed by atoms with E-state index in [4.69, 9.17) is 19.4 Å². The second-order valence-electron chi connectivity index (χ2n) is 3.71. The minimum atomic E-state index is 0.264. The number of benzene rings is 1. The number of fused-ring (bicyclic) bond motifs is 1. The van der Waals surface area contributed by atoms with Gasteiger partial charge in [-0.15, -0.1) is 0 Å². The summed E-state index contributed by atoms with van der Waals surface area (Å²) in [7, 11) is 1.59. The molecule has 2 N–H and O–H groups in total. The molecule has 3 aromatic rings. The van der Waals surface area contributed by atoms with Gasteiger partial charge in [0.15, 0.2) is 11.3 Å². The van der Waals surface area contributed by atoms with E-state index in [0.717, 1.165) is 15.4 Å². The molecule has 2 aromatic heterocycles. The molecule has 0 spiro atoms. The summed E-state index contributed by atoms with van der Waals surface area (Å²) < 4.78 is 16.5. The average molecular weight is 309 g/mol. The third-order valence-corrected chi connectivity index (χ3v) is 3.60. The predicted octanol–water partition coefficient (Wildman–Crippen LogP) is 3.44. The first-order valence-electron chi connectivity index (χ1n) is 5.16. The van der Waals surface area contributed by atoms with Gasteiger partial charge in [-0.25, -0.2) is 0 Å². The smallest absolute Gasteiger partial charge is 0.229 e. The molecule has 0 unspecified atom stereocenters. The fourth-order valence-corrected chi connectivity index (χ4v) is 2.52. The first-order chi connectivity index (χ1) is 8.72. The van der Waals surface area contributed by atoms with Crippen LogP contribution >= 0.6 is 15.9 Å². The fourth-order valence-electron chi connectivity index (χ4n) is 1.88. The van der Waals surface area contributed by atoms with Gasteiger partial charge in [-0.05, 0) is 28.1 Å². The second-order valence-corrected chi connectivity index (χ2v) is 4.50. The summed E-state index contributed by atoms with van der Waals surface area (Å²) in [6, 6.07) is 3.69. The Kier molecular flexibility index (Phi) is 2.52. The largest absolute Gasteiger partial charge is 0.493 e. The molecular weight excluding hydrogens is 300 g/mol. The Bertz CT molecular complexity index is 717. The van der Waals surface area contributed by atoms with E-state index in [-0.39, 0.29) is 5.88 Å². The van der Waals surface area contributed by atoms with Gasteiger partial charge in [-0.1, -0.05) is 5.16 Å². The molecule has 0 saturated heterocycles. The molecular formula is C12H9BrN2O3. The summed E-state index contributed by atoms with van der Waals surface area (Å²) in [6.07, 6.45) is 3.18. The van der Waals surface area contributed by atoms with E-state index >= 15 is 0 Å². The van der Waals surface area contributed by atoms with Crippen molar-refractivity contribution in [3.8, 4) is 16.9 Å². The van der Waals surface area contributed by atoms with Crippen LogP contribution in [0, 0.1) is 0 Å². The highest BCUT2D eigenvalue weighted by atomic mass is 79.9. The topological polar surface area (TPSA) is 74.4 Å². The summed E-state index contributed by atoms with van der Waals surface area (Å²) in [6.45, 7) is 0. The highest BCUT2D eigenvalue weighted by Crippen LogP contribution is 2.42. The van der Waals surface area contributed by atoms with Gasteiger partial charge in [0.2, 0.25) is 5.88 Å². The maximum Gasteiger partial charge on any atom is 0.229 e. The van der Waals surface area contributed by atoms with Crippen LogP contribution in [0.3, 0.4) is 0 Å². The van der Waals surface area contributed by atoms with Crippen LogP contribution in [0.1, 0.15) is 0 Å². The van der Waals surface area contributed by atoms with Crippen molar-refractivity contribution >= 4 is 32.8 Å². The third kappa shape index (κ3) is 1.49. The van der Waals surface area contributed by atoms with Crippen molar-refractivity contribution in [3.05, 3.63) is 29.1 Å². The van der Waals surface area contributed by atoms with Crippen molar-refractivity contribution in [1.82, 2.24) is 5.16 Å². The number of hydrogen-bond donors (Lipinski definition) is 1. The minimum absolute atomic E-state index is 0.264. The summed E-state index contributed by atoms with van der Waals surface area (Å²) in [5, 5.41) is 4.58. The van der Waals surface area contributed by atoms with Crippen LogP contribution in [0.2, 0.25) is 0 Å². The predicted molar refractivity (Wildman–Crippen MR) is 70.4 cm³/mol. The lowest BCUT2D eigenvalue weighted by Crippen LogP contribution is -1.89. The first-order valence-corrected chi connectivity index (χ1v) is 5.96. The number of halogens is 1. The molecule has 6 heteroatoms. The molecule has 3 rings (SSSR count). The Labute approximate surface area is 111 Å². The lowest BCUT2D eigenvalue weighted by molar-refractivity contribution is 0.410. The average Bonchev–Trinajstić information content (AvgIpc) is 2.99. The Hall–Kier alpha value is -1.95. The monoisotopic (exact) mass is 308 g/mol. The van der Waals surface area contributed by atoms with Gasteiger partial charge in [0, 0.05) is 15.4 Å². The van der Waals surface area contributed by atoms with Gasteiger partial charge in [0.05, 0.1) is 25.1 Å². The zero-order valence-corrected chi connectivity index (χ0v) is 11.0. The Morgan fingerprint density at radius 3 is 2.89 bits per heavy atom. The van der Waals surface area contributed by atoms with E-state index in [2.05, 4.69) is 21.1 Å². The van der Waals surface area contributed by atoms with Crippen LogP contribution in [0.15, 0.2) is 38.0 Å². The van der Waals surface area contributed by atoms with Crippen molar-refractivity contribution in [2.24, 2.45) is 0 Å². The van der Waals surface area contributed by atoms with Gasteiger partial charge < -0.3 is 19.4 Å². The van der Waals surface area contributed by atoms with Crippen LogP contribution in [-0.2, 0) is 0 Å². The fraction of sp³-hybridized carbons (Fsp3) is 0.0833. The van der Waals surface area contributed by atoms with Crippen LogP contribution < -0.4 is 10.5 Å². The minimum Gasteiger partial charge on any atom is -0.493 e. The molecule has 0 aliphatic heterocycles. The first kappa shape index (κ1) is 11.2. The number of methoxy groups -OCH3 is 1. The molecule has 1 aromatic carbocycles. The highest BCUT2D eigenvalue weighted by Gasteiger charge is 2.17. The van der Waals surface area contributed by atoms with Gasteiger partial charge >= 0.3 is 0 Å². The van der Waals surface area contributed by atoms with E-state index < -0.39 is 0 Å². The molecule has 0 saturated carbocycles. The Balaban J connectivity index is 2.36. The van der Waals surface area contributed by atoms with Crippen LogP contribution in [-0.4, -0.2) is 12.3 Å². The number of ether oxygens (including phenoxy) is 1. The van der Waals surface area contributed by atoms with Crippen LogP contribution in [0.5, 0.6) is 5.75 Å². The van der Waals surface area contributed by atoms with Crippen molar-refractivity contribution in [1.29, 1.82) is 0 Å². The summed E-state index contributed by atoms with van der Waals surface area (Å²) in [5.41, 5.74) is 7.98. The zero-order valence-electron chi connectivity index (χ0n) is 9.44. The molecule has 0 aliphatic carbocycles.